The number of nitrogens with one attached hydrogen (secondary N) is 1. The average molecular weight is 303 g/mol. The van der Waals surface area contributed by atoms with Gasteiger partial charge in [-0.05, 0) is 32.8 Å². The van der Waals surface area contributed by atoms with E-state index in [4.69, 9.17) is 0 Å². The second kappa shape index (κ2) is 5.69. The van der Waals surface area contributed by atoms with E-state index in [-0.39, 0.29) is 24.4 Å². The van der Waals surface area contributed by atoms with Crippen LogP contribution in [0.2, 0.25) is 0 Å². The Balaban J connectivity index is 2.15. The van der Waals surface area contributed by atoms with Crippen molar-refractivity contribution in [2.75, 3.05) is 0 Å². The van der Waals surface area contributed by atoms with Crippen molar-refractivity contribution in [1.29, 1.82) is 0 Å². The number of halogens is 3. The molecule has 0 radical (unpaired) electrons. The molecule has 118 valence electrons. The molecule has 1 fully saturated rings. The number of aromatic nitrogens is 2. The van der Waals surface area contributed by atoms with E-state index in [1.165, 1.54) is 4.68 Å². The predicted octanol–water partition coefficient (Wildman–Crippen LogP) is 2.94. The van der Waals surface area contributed by atoms with Crippen LogP contribution in [0.4, 0.5) is 13.2 Å². The van der Waals surface area contributed by atoms with Gasteiger partial charge in [0.15, 0.2) is 5.69 Å². The molecule has 0 spiro atoms. The molecular formula is C14H20F3N3O. The first-order valence-electron chi connectivity index (χ1n) is 7.13. The number of rotatable bonds is 5. The lowest BCUT2D eigenvalue weighted by Gasteiger charge is -2.16. The van der Waals surface area contributed by atoms with Crippen LogP contribution >= 0.6 is 0 Å². The van der Waals surface area contributed by atoms with Gasteiger partial charge in [-0.2, -0.15) is 18.3 Å². The van der Waals surface area contributed by atoms with Crippen LogP contribution in [-0.2, 0) is 17.5 Å². The third-order valence-corrected chi connectivity index (χ3v) is 3.42. The van der Waals surface area contributed by atoms with Crippen LogP contribution in [0.15, 0.2) is 6.07 Å². The lowest BCUT2D eigenvalue weighted by atomic mass is 10.1. The quantitative estimate of drug-likeness (QED) is 0.909. The van der Waals surface area contributed by atoms with Crippen LogP contribution in [0.5, 0.6) is 0 Å². The second-order valence-corrected chi connectivity index (χ2v) is 5.97. The number of nitrogens with zero attached hydrogens (tertiary/aromatic N) is 2. The van der Waals surface area contributed by atoms with Gasteiger partial charge in [0.25, 0.3) is 0 Å². The number of hydrogen-bond donors (Lipinski definition) is 1. The summed E-state index contributed by atoms with van der Waals surface area (Å²) in [6.45, 7) is 5.55. The second-order valence-electron chi connectivity index (χ2n) is 5.97. The van der Waals surface area contributed by atoms with Crippen molar-refractivity contribution < 1.29 is 18.0 Å². The summed E-state index contributed by atoms with van der Waals surface area (Å²) < 4.78 is 39.7. The molecule has 1 heterocycles. The summed E-state index contributed by atoms with van der Waals surface area (Å²) in [4.78, 5) is 11.9. The highest BCUT2D eigenvalue weighted by molar-refractivity contribution is 5.78. The molecule has 1 atom stereocenters. The minimum atomic E-state index is -4.45. The van der Waals surface area contributed by atoms with Gasteiger partial charge in [-0.25, -0.2) is 0 Å². The van der Waals surface area contributed by atoms with Gasteiger partial charge in [-0.3, -0.25) is 9.48 Å². The summed E-state index contributed by atoms with van der Waals surface area (Å²) in [6, 6.07) is 1.12. The minimum Gasteiger partial charge on any atom is -0.354 e. The Hall–Kier alpha value is -1.53. The Kier molecular flexibility index (Phi) is 4.30. The van der Waals surface area contributed by atoms with Gasteiger partial charge in [0.2, 0.25) is 5.91 Å². The van der Waals surface area contributed by atoms with Crippen LogP contribution in [0.1, 0.15) is 50.9 Å². The molecule has 1 aliphatic rings. The molecule has 0 aromatic carbocycles. The average Bonchev–Trinajstić information content (AvgIpc) is 3.08. The molecule has 0 bridgehead atoms. The Bertz CT molecular complexity index is 518. The van der Waals surface area contributed by atoms with Gasteiger partial charge in [0.05, 0.1) is 12.5 Å². The third-order valence-electron chi connectivity index (χ3n) is 3.42. The van der Waals surface area contributed by atoms with Crippen molar-refractivity contribution >= 4 is 5.91 Å². The highest BCUT2D eigenvalue weighted by Gasteiger charge is 2.38. The van der Waals surface area contributed by atoms with Gasteiger partial charge in [-0.1, -0.05) is 6.92 Å². The number of alkyl halides is 3. The molecular weight excluding hydrogens is 283 g/mol. The van der Waals surface area contributed by atoms with Crippen LogP contribution in [-0.4, -0.2) is 21.7 Å². The molecule has 1 unspecified atom stereocenters. The number of amides is 1. The number of carbonyl (C=O) groups excluding carboxylic acids is 1. The molecule has 21 heavy (non-hydrogen) atoms. The van der Waals surface area contributed by atoms with Crippen molar-refractivity contribution in [3.63, 3.8) is 0 Å². The van der Waals surface area contributed by atoms with Crippen molar-refractivity contribution in [3.8, 4) is 0 Å². The Labute approximate surface area is 121 Å². The normalized spacial score (nSPS) is 17.1. The summed E-state index contributed by atoms with van der Waals surface area (Å²) in [7, 11) is 0. The van der Waals surface area contributed by atoms with Crippen molar-refractivity contribution in [2.24, 2.45) is 5.92 Å². The van der Waals surface area contributed by atoms with Crippen molar-refractivity contribution in [3.05, 3.63) is 17.5 Å². The summed E-state index contributed by atoms with van der Waals surface area (Å²) >= 11 is 0. The first-order valence-corrected chi connectivity index (χ1v) is 7.13. The van der Waals surface area contributed by atoms with Gasteiger partial charge in [0.1, 0.15) is 0 Å². The van der Waals surface area contributed by atoms with E-state index in [1.54, 1.807) is 6.92 Å². The Morgan fingerprint density at radius 1 is 1.43 bits per heavy atom. The van der Waals surface area contributed by atoms with Gasteiger partial charge >= 0.3 is 6.18 Å². The number of carbonyl (C=O) groups is 1. The molecule has 2 rings (SSSR count). The van der Waals surface area contributed by atoms with E-state index >= 15 is 0 Å². The topological polar surface area (TPSA) is 46.9 Å². The first-order chi connectivity index (χ1) is 9.68. The monoisotopic (exact) mass is 303 g/mol. The number of hydrogen-bond acceptors (Lipinski definition) is 2. The molecule has 1 aromatic heterocycles. The molecule has 4 nitrogen and oxygen atoms in total. The van der Waals surface area contributed by atoms with Crippen LogP contribution in [0, 0.1) is 5.92 Å². The molecule has 0 aliphatic heterocycles. The molecule has 1 saturated carbocycles. The highest BCUT2D eigenvalue weighted by atomic mass is 19.4. The standard InChI is InChI=1S/C14H20F3N3O/c1-8(2)18-13(21)9(3)7-20-11(10-4-5-10)6-12(19-20)14(15,16)17/h6,8-10H,4-5,7H2,1-3H3,(H,18,21). The van der Waals surface area contributed by atoms with E-state index in [1.807, 2.05) is 13.8 Å². The van der Waals surface area contributed by atoms with Gasteiger partial charge in [-0.15, -0.1) is 0 Å². The lowest BCUT2D eigenvalue weighted by molar-refractivity contribution is -0.141. The maximum Gasteiger partial charge on any atom is 0.435 e. The molecule has 1 amide bonds. The van der Waals surface area contributed by atoms with Gasteiger partial charge < -0.3 is 5.32 Å². The fraction of sp³-hybridized carbons (Fsp3) is 0.714. The Morgan fingerprint density at radius 2 is 2.05 bits per heavy atom. The zero-order chi connectivity index (χ0) is 15.8. The van der Waals surface area contributed by atoms with E-state index in [0.717, 1.165) is 18.9 Å². The maximum absolute atomic E-state index is 12.8. The summed E-state index contributed by atoms with van der Waals surface area (Å²) in [6.07, 6.45) is -2.68. The van der Waals surface area contributed by atoms with E-state index in [0.29, 0.717) is 5.69 Å². The van der Waals surface area contributed by atoms with Crippen LogP contribution in [0.3, 0.4) is 0 Å². The van der Waals surface area contributed by atoms with Crippen molar-refractivity contribution in [2.45, 2.75) is 58.3 Å². The van der Waals surface area contributed by atoms with E-state index < -0.39 is 17.8 Å². The van der Waals surface area contributed by atoms with Gasteiger partial charge in [0, 0.05) is 17.7 Å². The molecule has 7 heteroatoms. The van der Waals surface area contributed by atoms with Crippen molar-refractivity contribution in [1.82, 2.24) is 15.1 Å². The maximum atomic E-state index is 12.8. The first kappa shape index (κ1) is 15.9. The predicted molar refractivity (Wildman–Crippen MR) is 71.6 cm³/mol. The molecule has 0 saturated heterocycles. The van der Waals surface area contributed by atoms with E-state index in [9.17, 15) is 18.0 Å². The summed E-state index contributed by atoms with van der Waals surface area (Å²) in [5, 5.41) is 6.42. The third kappa shape index (κ3) is 3.98. The fourth-order valence-corrected chi connectivity index (χ4v) is 2.19. The molecule has 1 aromatic rings. The minimum absolute atomic E-state index is 0.00575. The van der Waals surface area contributed by atoms with E-state index in [2.05, 4.69) is 10.4 Å². The SMILES string of the molecule is CC(C)NC(=O)C(C)Cn1nc(C(F)(F)F)cc1C1CC1. The lowest BCUT2D eigenvalue weighted by Crippen LogP contribution is -2.36. The fourth-order valence-electron chi connectivity index (χ4n) is 2.19. The van der Waals surface area contributed by atoms with Crippen LogP contribution in [0.25, 0.3) is 0 Å². The summed E-state index contributed by atoms with van der Waals surface area (Å²) in [5.74, 6) is -0.448. The Morgan fingerprint density at radius 3 is 2.52 bits per heavy atom. The smallest absolute Gasteiger partial charge is 0.354 e. The summed E-state index contributed by atoms with van der Waals surface area (Å²) in [5.41, 5.74) is -0.285. The molecule has 1 N–H and O–H groups in total. The van der Waals surface area contributed by atoms with Crippen LogP contribution < -0.4 is 5.32 Å². The molecule has 1 aliphatic carbocycles. The largest absolute Gasteiger partial charge is 0.435 e. The highest BCUT2D eigenvalue weighted by Crippen LogP contribution is 2.42. The zero-order valence-corrected chi connectivity index (χ0v) is 12.4. The zero-order valence-electron chi connectivity index (χ0n) is 12.4.